The topological polar surface area (TPSA) is 12.5 Å². The average molecular weight is 285 g/mol. The van der Waals surface area contributed by atoms with Gasteiger partial charge in [0, 0.05) is 42.6 Å². The van der Waals surface area contributed by atoms with Gasteiger partial charge in [0.05, 0.1) is 6.61 Å². The quantitative estimate of drug-likeness (QED) is 0.386. The minimum atomic E-state index is 0.875. The van der Waals surface area contributed by atoms with Crippen molar-refractivity contribution in [1.29, 1.82) is 0 Å². The molecule has 2 nitrogen and oxygen atoms in total. The number of hydrogen-bond donors (Lipinski definition) is 0. The van der Waals surface area contributed by atoms with Crippen molar-refractivity contribution in [2.24, 2.45) is 0 Å². The Morgan fingerprint density at radius 3 is 2.42 bits per heavy atom. The van der Waals surface area contributed by atoms with Gasteiger partial charge in [-0.25, -0.2) is 3.11 Å². The van der Waals surface area contributed by atoms with Crippen LogP contribution in [0.15, 0.2) is 0 Å². The molecule has 0 bridgehead atoms. The molecule has 0 saturated carbocycles. The summed E-state index contributed by atoms with van der Waals surface area (Å²) in [6.45, 7) is 8.38. The second kappa shape index (κ2) is 9.74. The summed E-state index contributed by atoms with van der Waals surface area (Å²) in [5.74, 6) is 0. The molecule has 0 aliphatic heterocycles. The van der Waals surface area contributed by atoms with Crippen LogP contribution < -0.4 is 0 Å². The summed E-state index contributed by atoms with van der Waals surface area (Å²) in [4.78, 5) is 0. The van der Waals surface area contributed by atoms with Crippen LogP contribution in [0.1, 0.15) is 33.1 Å². The predicted octanol–water partition coefficient (Wildman–Crippen LogP) is 2.87. The van der Waals surface area contributed by atoms with E-state index in [0.717, 1.165) is 26.2 Å². The monoisotopic (exact) mass is 285 g/mol. The Morgan fingerprint density at radius 2 is 1.83 bits per heavy atom. The van der Waals surface area contributed by atoms with E-state index in [2.05, 4.69) is 39.8 Å². The summed E-state index contributed by atoms with van der Waals surface area (Å²) in [6, 6.07) is 0. The number of halogens is 1. The molecule has 0 unspecified atom stereocenters. The van der Waals surface area contributed by atoms with Crippen molar-refractivity contribution in [3.63, 3.8) is 0 Å². The van der Waals surface area contributed by atoms with E-state index < -0.39 is 0 Å². The largest absolute Gasteiger partial charge is 0.380 e. The minimum Gasteiger partial charge on any atom is -0.380 e. The lowest BCUT2D eigenvalue weighted by Crippen LogP contribution is -2.18. The molecule has 0 aromatic heterocycles. The van der Waals surface area contributed by atoms with Gasteiger partial charge >= 0.3 is 0 Å². The van der Waals surface area contributed by atoms with Crippen LogP contribution in [0.25, 0.3) is 0 Å². The van der Waals surface area contributed by atoms with Crippen molar-refractivity contribution in [3.8, 4) is 0 Å². The summed E-state index contributed by atoms with van der Waals surface area (Å²) in [7, 11) is 0. The highest BCUT2D eigenvalue weighted by Crippen LogP contribution is 2.01. The average Bonchev–Trinajstić information content (AvgIpc) is 2.09. The van der Waals surface area contributed by atoms with Crippen molar-refractivity contribution in [2.45, 2.75) is 33.1 Å². The van der Waals surface area contributed by atoms with E-state index in [-0.39, 0.29) is 0 Å². The first kappa shape index (κ1) is 12.7. The molecule has 12 heavy (non-hydrogen) atoms. The van der Waals surface area contributed by atoms with E-state index in [1.807, 2.05) is 0 Å². The first-order valence-electron chi connectivity index (χ1n) is 4.79. The van der Waals surface area contributed by atoms with Gasteiger partial charge in [0.25, 0.3) is 0 Å². The van der Waals surface area contributed by atoms with Crippen LogP contribution >= 0.6 is 22.9 Å². The smallest absolute Gasteiger partial charge is 0.0601 e. The van der Waals surface area contributed by atoms with Crippen molar-refractivity contribution in [2.75, 3.05) is 26.3 Å². The molecule has 74 valence electrons. The van der Waals surface area contributed by atoms with Gasteiger partial charge in [0.1, 0.15) is 0 Å². The maximum Gasteiger partial charge on any atom is 0.0601 e. The van der Waals surface area contributed by atoms with Gasteiger partial charge in [-0.05, 0) is 12.8 Å². The predicted molar refractivity (Wildman–Crippen MR) is 61.6 cm³/mol. The molecule has 0 spiro atoms. The Balaban J connectivity index is 3.02. The SMILES string of the molecule is CCCCN(I)CCOCCC. The van der Waals surface area contributed by atoms with E-state index in [0.29, 0.717) is 0 Å². The molecule has 0 N–H and O–H groups in total. The molecule has 0 saturated heterocycles. The van der Waals surface area contributed by atoms with E-state index >= 15 is 0 Å². The Bertz CT molecular complexity index is 90.6. The van der Waals surface area contributed by atoms with E-state index in [1.165, 1.54) is 19.4 Å². The third kappa shape index (κ3) is 8.74. The summed E-state index contributed by atoms with van der Waals surface area (Å²) in [6.07, 6.45) is 3.68. The number of rotatable bonds is 8. The van der Waals surface area contributed by atoms with Crippen molar-refractivity contribution in [3.05, 3.63) is 0 Å². The fraction of sp³-hybridized carbons (Fsp3) is 1.00. The molecule has 0 fully saturated rings. The normalized spacial score (nSPS) is 11.0. The lowest BCUT2D eigenvalue weighted by molar-refractivity contribution is 0.127. The van der Waals surface area contributed by atoms with Crippen LogP contribution in [-0.2, 0) is 4.74 Å². The van der Waals surface area contributed by atoms with Crippen LogP contribution in [0.4, 0.5) is 0 Å². The number of hydrogen-bond acceptors (Lipinski definition) is 2. The molecule has 0 rings (SSSR count). The highest BCUT2D eigenvalue weighted by molar-refractivity contribution is 14.1. The zero-order valence-electron chi connectivity index (χ0n) is 8.18. The molecule has 0 heterocycles. The van der Waals surface area contributed by atoms with Crippen LogP contribution in [0, 0.1) is 0 Å². The van der Waals surface area contributed by atoms with Gasteiger partial charge in [-0.15, -0.1) is 0 Å². The Kier molecular flexibility index (Phi) is 10.3. The van der Waals surface area contributed by atoms with Gasteiger partial charge in [-0.3, -0.25) is 0 Å². The maximum absolute atomic E-state index is 5.39. The molecular formula is C9H20INO. The van der Waals surface area contributed by atoms with Crippen molar-refractivity contribution in [1.82, 2.24) is 3.11 Å². The molecular weight excluding hydrogens is 265 g/mol. The van der Waals surface area contributed by atoms with Gasteiger partial charge in [0.2, 0.25) is 0 Å². The molecule has 0 aromatic carbocycles. The van der Waals surface area contributed by atoms with Gasteiger partial charge < -0.3 is 4.74 Å². The second-order valence-corrected chi connectivity index (χ2v) is 4.24. The van der Waals surface area contributed by atoms with Crippen LogP contribution in [0.3, 0.4) is 0 Å². The Morgan fingerprint density at radius 1 is 1.08 bits per heavy atom. The first-order chi connectivity index (χ1) is 5.81. The van der Waals surface area contributed by atoms with E-state index in [4.69, 9.17) is 4.74 Å². The summed E-state index contributed by atoms with van der Waals surface area (Å²) in [5, 5.41) is 0. The third-order valence-corrected chi connectivity index (χ3v) is 2.55. The molecule has 3 heteroatoms. The van der Waals surface area contributed by atoms with Crippen molar-refractivity contribution >= 4 is 22.9 Å². The molecule has 0 aliphatic rings. The highest BCUT2D eigenvalue weighted by Gasteiger charge is 1.97. The highest BCUT2D eigenvalue weighted by atomic mass is 127. The number of ether oxygens (including phenoxy) is 1. The minimum absolute atomic E-state index is 0.875. The van der Waals surface area contributed by atoms with Crippen molar-refractivity contribution < 1.29 is 4.74 Å². The second-order valence-electron chi connectivity index (χ2n) is 2.88. The number of nitrogens with zero attached hydrogens (tertiary/aromatic N) is 1. The van der Waals surface area contributed by atoms with E-state index in [9.17, 15) is 0 Å². The Labute approximate surface area is 90.2 Å². The zero-order chi connectivity index (χ0) is 9.23. The standard InChI is InChI=1S/C9H20INO/c1-3-5-6-11(10)7-9-12-8-4-2/h3-9H2,1-2H3. The number of unbranched alkanes of at least 4 members (excludes halogenated alkanes) is 1. The maximum atomic E-state index is 5.39. The lowest BCUT2D eigenvalue weighted by atomic mass is 10.3. The van der Waals surface area contributed by atoms with E-state index in [1.54, 1.807) is 0 Å². The summed E-state index contributed by atoms with van der Waals surface area (Å²) < 4.78 is 7.69. The molecule has 0 radical (unpaired) electrons. The molecule has 0 amide bonds. The zero-order valence-corrected chi connectivity index (χ0v) is 10.3. The molecule has 0 aromatic rings. The Hall–Kier alpha value is 0.650. The van der Waals surface area contributed by atoms with Crippen LogP contribution in [0.2, 0.25) is 0 Å². The lowest BCUT2D eigenvalue weighted by Gasteiger charge is -2.13. The van der Waals surface area contributed by atoms with Crippen LogP contribution in [0.5, 0.6) is 0 Å². The third-order valence-electron chi connectivity index (χ3n) is 1.58. The fourth-order valence-corrected chi connectivity index (χ4v) is 1.39. The summed E-state index contributed by atoms with van der Waals surface area (Å²) >= 11 is 2.37. The fourth-order valence-electron chi connectivity index (χ4n) is 0.851. The van der Waals surface area contributed by atoms with Gasteiger partial charge in [-0.1, -0.05) is 20.3 Å². The molecule has 0 aliphatic carbocycles. The van der Waals surface area contributed by atoms with Crippen LogP contribution in [-0.4, -0.2) is 29.4 Å². The van der Waals surface area contributed by atoms with Gasteiger partial charge in [-0.2, -0.15) is 0 Å². The molecule has 0 atom stereocenters. The first-order valence-corrected chi connectivity index (χ1v) is 5.76. The summed E-state index contributed by atoms with van der Waals surface area (Å²) in [5.41, 5.74) is 0. The van der Waals surface area contributed by atoms with Gasteiger partial charge in [0.15, 0.2) is 0 Å².